The van der Waals surface area contributed by atoms with E-state index >= 15 is 0 Å². The van der Waals surface area contributed by atoms with E-state index in [-0.39, 0.29) is 34.7 Å². The molecule has 33 heavy (non-hydrogen) atoms. The second-order valence-corrected chi connectivity index (χ2v) is 14.7. The molecule has 0 bridgehead atoms. The van der Waals surface area contributed by atoms with Crippen LogP contribution >= 0.6 is 0 Å². The number of aliphatic hydroxyl groups is 2. The van der Waals surface area contributed by atoms with Crippen molar-refractivity contribution in [3.63, 3.8) is 0 Å². The summed E-state index contributed by atoms with van der Waals surface area (Å²) >= 11 is 0. The van der Waals surface area contributed by atoms with Gasteiger partial charge in [-0.3, -0.25) is 0 Å². The fraction of sp³-hybridized carbons (Fsp3) is 0.933. The van der Waals surface area contributed by atoms with Crippen LogP contribution < -0.4 is 0 Å². The van der Waals surface area contributed by atoms with Crippen LogP contribution in [-0.2, 0) is 4.74 Å². The molecule has 1 saturated heterocycles. The molecule has 10 atom stereocenters. The van der Waals surface area contributed by atoms with E-state index in [4.69, 9.17) is 4.74 Å². The van der Waals surface area contributed by atoms with Gasteiger partial charge in [0.15, 0.2) is 0 Å². The summed E-state index contributed by atoms with van der Waals surface area (Å²) in [6, 6.07) is 0. The number of rotatable bonds is 4. The Bertz CT molecular complexity index is 828. The van der Waals surface area contributed by atoms with Gasteiger partial charge in [-0.25, -0.2) is 0 Å². The molecule has 1 aliphatic heterocycles. The van der Waals surface area contributed by atoms with Crippen molar-refractivity contribution in [2.45, 2.75) is 131 Å². The van der Waals surface area contributed by atoms with Crippen molar-refractivity contribution in [1.29, 1.82) is 0 Å². The Hall–Kier alpha value is -0.380. The van der Waals surface area contributed by atoms with Gasteiger partial charge in [0.25, 0.3) is 0 Å². The van der Waals surface area contributed by atoms with E-state index in [2.05, 4.69) is 61.5 Å². The predicted molar refractivity (Wildman–Crippen MR) is 134 cm³/mol. The van der Waals surface area contributed by atoms with E-state index in [9.17, 15) is 10.2 Å². The number of fused-ring (bicyclic) bond motifs is 5. The lowest BCUT2D eigenvalue weighted by molar-refractivity contribution is -0.131. The molecule has 4 fully saturated rings. The molecule has 2 N–H and O–H groups in total. The first kappa shape index (κ1) is 24.3. The highest BCUT2D eigenvalue weighted by atomic mass is 16.6. The number of ether oxygens (including phenoxy) is 1. The van der Waals surface area contributed by atoms with Crippen LogP contribution in [0.5, 0.6) is 0 Å². The van der Waals surface area contributed by atoms with E-state index in [0.717, 1.165) is 19.3 Å². The van der Waals surface area contributed by atoms with Crippen molar-refractivity contribution in [2.24, 2.45) is 45.3 Å². The predicted octanol–water partition coefficient (Wildman–Crippen LogP) is 6.52. The Kier molecular flexibility index (Phi) is 5.40. The zero-order valence-electron chi connectivity index (χ0n) is 22.6. The van der Waals surface area contributed by atoms with Crippen molar-refractivity contribution in [2.75, 3.05) is 0 Å². The summed E-state index contributed by atoms with van der Waals surface area (Å²) in [5.74, 6) is 2.42. The summed E-state index contributed by atoms with van der Waals surface area (Å²) in [6.07, 6.45) is 11.4. The van der Waals surface area contributed by atoms with Crippen molar-refractivity contribution < 1.29 is 14.9 Å². The third kappa shape index (κ3) is 3.23. The molecular formula is C30H50O3. The number of allylic oxidation sites excluding steroid dienone is 2. The molecule has 0 unspecified atom stereocenters. The number of hydrogen-bond acceptors (Lipinski definition) is 3. The van der Waals surface area contributed by atoms with E-state index < -0.39 is 0 Å². The van der Waals surface area contributed by atoms with Gasteiger partial charge in [0.1, 0.15) is 6.10 Å². The van der Waals surface area contributed by atoms with Gasteiger partial charge in [-0.15, -0.1) is 0 Å². The fourth-order valence-corrected chi connectivity index (χ4v) is 10.2. The highest BCUT2D eigenvalue weighted by Crippen LogP contribution is 2.73. The van der Waals surface area contributed by atoms with Crippen LogP contribution in [0.3, 0.4) is 0 Å². The molecule has 0 aromatic heterocycles. The first-order valence-electron chi connectivity index (χ1n) is 13.9. The minimum absolute atomic E-state index is 0.00178. The number of aliphatic hydroxyl groups excluding tert-OH is 2. The van der Waals surface area contributed by atoms with E-state index in [1.54, 1.807) is 5.57 Å². The van der Waals surface area contributed by atoms with Crippen LogP contribution in [0.15, 0.2) is 11.6 Å². The minimum Gasteiger partial charge on any atom is -0.393 e. The highest BCUT2D eigenvalue weighted by molar-refractivity contribution is 5.33. The Morgan fingerprint density at radius 3 is 2.30 bits per heavy atom. The molecule has 1 heterocycles. The summed E-state index contributed by atoms with van der Waals surface area (Å²) in [4.78, 5) is 0. The molecule has 0 radical (unpaired) electrons. The van der Waals surface area contributed by atoms with Crippen molar-refractivity contribution in [3.8, 4) is 0 Å². The van der Waals surface area contributed by atoms with Crippen LogP contribution in [0.2, 0.25) is 0 Å². The zero-order chi connectivity index (χ0) is 24.2. The molecule has 3 saturated carbocycles. The van der Waals surface area contributed by atoms with Gasteiger partial charge in [0.2, 0.25) is 0 Å². The van der Waals surface area contributed by atoms with Gasteiger partial charge >= 0.3 is 0 Å². The molecule has 0 spiro atoms. The quantitative estimate of drug-likeness (QED) is 0.372. The van der Waals surface area contributed by atoms with E-state index in [1.165, 1.54) is 32.1 Å². The van der Waals surface area contributed by atoms with E-state index in [0.29, 0.717) is 34.5 Å². The van der Waals surface area contributed by atoms with Gasteiger partial charge in [0.05, 0.1) is 17.8 Å². The molecule has 188 valence electrons. The smallest absolute Gasteiger partial charge is 0.113 e. The Balaban J connectivity index is 1.40. The van der Waals surface area contributed by atoms with Crippen LogP contribution in [0.25, 0.3) is 0 Å². The maximum atomic E-state index is 10.9. The van der Waals surface area contributed by atoms with Crippen LogP contribution in [0, 0.1) is 45.3 Å². The zero-order valence-corrected chi connectivity index (χ0v) is 22.6. The average molecular weight is 459 g/mol. The lowest BCUT2D eigenvalue weighted by atomic mass is 9.41. The average Bonchev–Trinajstić information content (AvgIpc) is 3.26. The molecule has 3 heteroatoms. The number of hydrogen-bond donors (Lipinski definition) is 2. The maximum Gasteiger partial charge on any atom is 0.113 e. The normalized spacial score (nSPS) is 51.6. The monoisotopic (exact) mass is 458 g/mol. The molecule has 5 rings (SSSR count). The Morgan fingerprint density at radius 1 is 1.00 bits per heavy atom. The third-order valence-electron chi connectivity index (χ3n) is 12.6. The van der Waals surface area contributed by atoms with Crippen LogP contribution in [0.4, 0.5) is 0 Å². The molecule has 0 amide bonds. The summed E-state index contributed by atoms with van der Waals surface area (Å²) in [6.45, 7) is 19.0. The van der Waals surface area contributed by atoms with Gasteiger partial charge < -0.3 is 14.9 Å². The van der Waals surface area contributed by atoms with Gasteiger partial charge in [-0.1, -0.05) is 53.2 Å². The Morgan fingerprint density at radius 2 is 1.67 bits per heavy atom. The topological polar surface area (TPSA) is 53.0 Å². The molecular weight excluding hydrogens is 408 g/mol. The lowest BCUT2D eigenvalue weighted by Crippen LogP contribution is -2.58. The molecule has 0 aromatic rings. The van der Waals surface area contributed by atoms with Crippen molar-refractivity contribution in [1.82, 2.24) is 0 Å². The largest absolute Gasteiger partial charge is 0.393 e. The first-order valence-corrected chi connectivity index (χ1v) is 13.9. The molecule has 4 aliphatic carbocycles. The van der Waals surface area contributed by atoms with Gasteiger partial charge in [-0.2, -0.15) is 0 Å². The SMILES string of the molecule is C[C@@H](C[C@@H](O)[C@@H]1OC1(C)C)[C@H]1CC[C@@]2(C)C3=CC[C@H]4C(C)(C)[C@@H](O)CC[C@]4(C)[C@H]3CC[C@]12C. The van der Waals surface area contributed by atoms with Crippen LogP contribution in [0.1, 0.15) is 107 Å². The van der Waals surface area contributed by atoms with Gasteiger partial charge in [-0.05, 0) is 111 Å². The second kappa shape index (κ2) is 7.32. The summed E-state index contributed by atoms with van der Waals surface area (Å²) in [5.41, 5.74) is 2.50. The highest BCUT2D eigenvalue weighted by Gasteiger charge is 2.65. The van der Waals surface area contributed by atoms with Crippen molar-refractivity contribution >= 4 is 0 Å². The second-order valence-electron chi connectivity index (χ2n) is 14.7. The van der Waals surface area contributed by atoms with Gasteiger partial charge in [0, 0.05) is 0 Å². The molecule has 3 nitrogen and oxygen atoms in total. The maximum absolute atomic E-state index is 10.9. The fourth-order valence-electron chi connectivity index (χ4n) is 10.2. The van der Waals surface area contributed by atoms with Crippen LogP contribution in [-0.4, -0.2) is 34.1 Å². The summed E-state index contributed by atoms with van der Waals surface area (Å²) in [5, 5.41) is 21.7. The molecule has 5 aliphatic rings. The summed E-state index contributed by atoms with van der Waals surface area (Å²) < 4.78 is 5.76. The third-order valence-corrected chi connectivity index (χ3v) is 12.6. The standard InChI is InChI=1S/C30H50O3/c1-18(17-22(31)25-27(4,5)33-25)19-11-15-30(8)21-9-10-23-26(2,3)24(32)13-14-28(23,6)20(21)12-16-29(19,30)7/h9,18-20,22-25,31-32H,10-17H2,1-8H3/t18-,19+,20-,22+,23-,24-,25-,28+,29+,30-/m0/s1. The number of epoxide rings is 1. The Labute approximate surface area is 202 Å². The lowest BCUT2D eigenvalue weighted by Gasteiger charge is -2.64. The van der Waals surface area contributed by atoms with Crippen molar-refractivity contribution in [3.05, 3.63) is 11.6 Å². The molecule has 0 aromatic carbocycles. The summed E-state index contributed by atoms with van der Waals surface area (Å²) in [7, 11) is 0. The van der Waals surface area contributed by atoms with E-state index in [1.807, 2.05) is 0 Å². The first-order chi connectivity index (χ1) is 15.2. The minimum atomic E-state index is -0.341.